The maximum Gasteiger partial charge on any atom is 0.260 e. The molecular formula is C20H15ClFN3OS2. The number of nitrogens with one attached hydrogen (secondary N) is 1. The second-order valence-corrected chi connectivity index (χ2v) is 8.36. The SMILES string of the molecule is O=C(c1ccccc1Cl)N1CCS/C1=C/c1csc(Nc2ccc(F)cc2)n1. The van der Waals surface area contributed by atoms with Gasteiger partial charge in [0.1, 0.15) is 5.82 Å². The lowest BCUT2D eigenvalue weighted by atomic mass is 10.2. The molecule has 0 saturated carbocycles. The van der Waals surface area contributed by atoms with E-state index in [4.69, 9.17) is 11.6 Å². The topological polar surface area (TPSA) is 45.2 Å². The standard InChI is InChI=1S/C20H15ClFN3OS2/c21-17-4-2-1-3-16(17)19(26)25-9-10-27-18(25)11-15-12-28-20(24-15)23-14-7-5-13(22)6-8-14/h1-8,11-12H,9-10H2,(H,23,24)/b18-11+. The maximum atomic E-state index is 13.0. The summed E-state index contributed by atoms with van der Waals surface area (Å²) in [6, 6.07) is 13.2. The highest BCUT2D eigenvalue weighted by Crippen LogP contribution is 2.33. The third-order valence-corrected chi connectivity index (χ3v) is 6.20. The molecule has 0 atom stereocenters. The van der Waals surface area contributed by atoms with E-state index in [2.05, 4.69) is 10.3 Å². The summed E-state index contributed by atoms with van der Waals surface area (Å²) >= 11 is 9.24. The van der Waals surface area contributed by atoms with Crippen molar-refractivity contribution in [1.82, 2.24) is 9.88 Å². The molecule has 0 unspecified atom stereocenters. The molecule has 4 nitrogen and oxygen atoms in total. The van der Waals surface area contributed by atoms with E-state index in [1.807, 2.05) is 11.5 Å². The Morgan fingerprint density at radius 1 is 1.21 bits per heavy atom. The fourth-order valence-electron chi connectivity index (χ4n) is 2.72. The molecule has 0 aliphatic carbocycles. The van der Waals surface area contributed by atoms with Gasteiger partial charge in [0.05, 0.1) is 21.3 Å². The molecule has 1 aliphatic heterocycles. The lowest BCUT2D eigenvalue weighted by Gasteiger charge is -2.17. The second kappa shape index (κ2) is 8.34. The Bertz CT molecular complexity index is 1040. The van der Waals surface area contributed by atoms with Crippen LogP contribution in [0.25, 0.3) is 6.08 Å². The second-order valence-electron chi connectivity index (χ2n) is 5.98. The van der Waals surface area contributed by atoms with E-state index < -0.39 is 0 Å². The maximum absolute atomic E-state index is 13.0. The summed E-state index contributed by atoms with van der Waals surface area (Å²) < 4.78 is 13.0. The van der Waals surface area contributed by atoms with Gasteiger partial charge in [-0.2, -0.15) is 0 Å². The van der Waals surface area contributed by atoms with E-state index >= 15 is 0 Å². The van der Waals surface area contributed by atoms with Gasteiger partial charge in [-0.1, -0.05) is 23.7 Å². The first kappa shape index (κ1) is 19.0. The number of amides is 1. The number of hydrogen-bond acceptors (Lipinski definition) is 5. The summed E-state index contributed by atoms with van der Waals surface area (Å²) in [6.45, 7) is 0.630. The van der Waals surface area contributed by atoms with Crippen LogP contribution in [0.15, 0.2) is 58.9 Å². The average molecular weight is 432 g/mol. The van der Waals surface area contributed by atoms with Crippen LogP contribution in [-0.2, 0) is 0 Å². The molecule has 1 amide bonds. The summed E-state index contributed by atoms with van der Waals surface area (Å²) in [5, 5.41) is 7.06. The molecule has 2 aromatic carbocycles. The van der Waals surface area contributed by atoms with Gasteiger partial charge in [0.2, 0.25) is 0 Å². The molecule has 0 spiro atoms. The lowest BCUT2D eigenvalue weighted by Crippen LogP contribution is -2.26. The number of thiazole rings is 1. The van der Waals surface area contributed by atoms with E-state index in [9.17, 15) is 9.18 Å². The van der Waals surface area contributed by atoms with Crippen LogP contribution in [0.3, 0.4) is 0 Å². The number of carbonyl (C=O) groups is 1. The molecule has 28 heavy (non-hydrogen) atoms. The highest BCUT2D eigenvalue weighted by Gasteiger charge is 2.26. The largest absolute Gasteiger partial charge is 0.332 e. The summed E-state index contributed by atoms with van der Waals surface area (Å²) in [6.07, 6.45) is 1.90. The van der Waals surface area contributed by atoms with Gasteiger partial charge in [0, 0.05) is 23.4 Å². The molecule has 0 bridgehead atoms. The van der Waals surface area contributed by atoms with E-state index in [-0.39, 0.29) is 11.7 Å². The zero-order chi connectivity index (χ0) is 19.5. The summed E-state index contributed by atoms with van der Waals surface area (Å²) in [7, 11) is 0. The van der Waals surface area contributed by atoms with Crippen LogP contribution in [0.5, 0.6) is 0 Å². The van der Waals surface area contributed by atoms with Gasteiger partial charge in [-0.15, -0.1) is 23.1 Å². The van der Waals surface area contributed by atoms with E-state index in [0.717, 1.165) is 22.2 Å². The number of thioether (sulfide) groups is 1. The molecule has 1 N–H and O–H groups in total. The third kappa shape index (κ3) is 4.22. The Hall–Kier alpha value is -2.35. The normalized spacial score (nSPS) is 15.2. The van der Waals surface area contributed by atoms with Gasteiger partial charge >= 0.3 is 0 Å². The number of rotatable bonds is 4. The Labute approximate surface area is 175 Å². The lowest BCUT2D eigenvalue weighted by molar-refractivity contribution is 0.0831. The number of nitrogens with zero attached hydrogens (tertiary/aromatic N) is 2. The number of halogens is 2. The van der Waals surface area contributed by atoms with Crippen molar-refractivity contribution in [2.75, 3.05) is 17.6 Å². The Morgan fingerprint density at radius 2 is 2.00 bits per heavy atom. The molecule has 2 heterocycles. The molecular weight excluding hydrogens is 417 g/mol. The molecule has 1 aromatic heterocycles. The average Bonchev–Trinajstić information content (AvgIpc) is 3.33. The molecule has 0 radical (unpaired) electrons. The van der Waals surface area contributed by atoms with Gasteiger partial charge in [0.25, 0.3) is 5.91 Å². The minimum absolute atomic E-state index is 0.109. The number of aromatic nitrogens is 1. The molecule has 1 aliphatic rings. The van der Waals surface area contributed by atoms with Crippen LogP contribution in [0, 0.1) is 5.82 Å². The van der Waals surface area contributed by atoms with Crippen LogP contribution in [0.2, 0.25) is 5.02 Å². The van der Waals surface area contributed by atoms with E-state index in [0.29, 0.717) is 22.3 Å². The number of anilines is 2. The first-order chi connectivity index (χ1) is 13.6. The predicted octanol–water partition coefficient (Wildman–Crippen LogP) is 5.87. The monoisotopic (exact) mass is 431 g/mol. The van der Waals surface area contributed by atoms with Crippen molar-refractivity contribution in [2.45, 2.75) is 0 Å². The smallest absolute Gasteiger partial charge is 0.260 e. The van der Waals surface area contributed by atoms with Crippen molar-refractivity contribution in [3.63, 3.8) is 0 Å². The quantitative estimate of drug-likeness (QED) is 0.561. The Kier molecular flexibility index (Phi) is 5.66. The number of carbonyl (C=O) groups excluding carboxylic acids is 1. The third-order valence-electron chi connectivity index (χ3n) is 4.07. The predicted molar refractivity (Wildman–Crippen MR) is 115 cm³/mol. The van der Waals surface area contributed by atoms with Gasteiger partial charge in [-0.3, -0.25) is 4.79 Å². The molecule has 1 fully saturated rings. The molecule has 1 saturated heterocycles. The van der Waals surface area contributed by atoms with Crippen LogP contribution in [-0.4, -0.2) is 28.1 Å². The molecule has 3 aromatic rings. The molecule has 8 heteroatoms. The molecule has 142 valence electrons. The van der Waals surface area contributed by atoms with E-state index in [1.54, 1.807) is 53.1 Å². The van der Waals surface area contributed by atoms with Crippen LogP contribution < -0.4 is 5.32 Å². The number of benzene rings is 2. The van der Waals surface area contributed by atoms with E-state index in [1.165, 1.54) is 23.5 Å². The van der Waals surface area contributed by atoms with Gasteiger partial charge in [-0.25, -0.2) is 9.37 Å². The first-order valence-corrected chi connectivity index (χ1v) is 10.7. The highest BCUT2D eigenvalue weighted by molar-refractivity contribution is 8.03. The Morgan fingerprint density at radius 3 is 2.79 bits per heavy atom. The summed E-state index contributed by atoms with van der Waals surface area (Å²) in [5.74, 6) is 0.436. The highest BCUT2D eigenvalue weighted by atomic mass is 35.5. The van der Waals surface area contributed by atoms with Crippen LogP contribution >= 0.6 is 34.7 Å². The summed E-state index contributed by atoms with van der Waals surface area (Å²) in [4.78, 5) is 19.1. The van der Waals surface area contributed by atoms with Crippen molar-refractivity contribution in [3.8, 4) is 0 Å². The Balaban J connectivity index is 1.52. The van der Waals surface area contributed by atoms with Gasteiger partial charge in [0.15, 0.2) is 5.13 Å². The zero-order valence-electron chi connectivity index (χ0n) is 14.6. The summed E-state index contributed by atoms with van der Waals surface area (Å²) in [5.41, 5.74) is 2.02. The van der Waals surface area contributed by atoms with Crippen molar-refractivity contribution in [2.24, 2.45) is 0 Å². The zero-order valence-corrected chi connectivity index (χ0v) is 17.0. The number of hydrogen-bond donors (Lipinski definition) is 1. The fraction of sp³-hybridized carbons (Fsp3) is 0.100. The molecule has 4 rings (SSSR count). The van der Waals surface area contributed by atoms with Crippen LogP contribution in [0.1, 0.15) is 16.1 Å². The van der Waals surface area contributed by atoms with Crippen molar-refractivity contribution in [3.05, 3.63) is 81.0 Å². The van der Waals surface area contributed by atoms with Crippen molar-refractivity contribution < 1.29 is 9.18 Å². The minimum atomic E-state index is -0.281. The van der Waals surface area contributed by atoms with Crippen LogP contribution in [0.4, 0.5) is 15.2 Å². The van der Waals surface area contributed by atoms with Crippen molar-refractivity contribution in [1.29, 1.82) is 0 Å². The first-order valence-electron chi connectivity index (χ1n) is 8.49. The van der Waals surface area contributed by atoms with Gasteiger partial charge in [-0.05, 0) is 42.5 Å². The fourth-order valence-corrected chi connectivity index (χ4v) is 4.65. The van der Waals surface area contributed by atoms with Gasteiger partial charge < -0.3 is 10.2 Å². The minimum Gasteiger partial charge on any atom is -0.332 e. The van der Waals surface area contributed by atoms with Crippen molar-refractivity contribution >= 4 is 57.5 Å².